The second-order valence-corrected chi connectivity index (χ2v) is 5.78. The third-order valence-corrected chi connectivity index (χ3v) is 4.41. The molecule has 0 N–H and O–H groups in total. The molecule has 1 saturated heterocycles. The number of hydrogen-bond acceptors (Lipinski definition) is 5. The Morgan fingerprint density at radius 2 is 2.19 bits per heavy atom. The van der Waals surface area contributed by atoms with Gasteiger partial charge in [-0.15, -0.1) is 0 Å². The highest BCUT2D eigenvalue weighted by molar-refractivity contribution is 5.52. The summed E-state index contributed by atoms with van der Waals surface area (Å²) in [5.41, 5.74) is 0.942. The van der Waals surface area contributed by atoms with Crippen molar-refractivity contribution >= 4 is 0 Å². The van der Waals surface area contributed by atoms with Crippen LogP contribution in [0.1, 0.15) is 45.0 Å². The average molecular weight is 286 g/mol. The molecule has 0 bridgehead atoms. The third kappa shape index (κ3) is 3.13. The van der Waals surface area contributed by atoms with Crippen LogP contribution in [0.25, 0.3) is 11.4 Å². The van der Waals surface area contributed by atoms with E-state index in [0.29, 0.717) is 11.7 Å². The number of aromatic nitrogens is 3. The Labute approximate surface area is 125 Å². The molecule has 0 unspecified atom stereocenters. The largest absolute Gasteiger partial charge is 0.337 e. The Hall–Kier alpha value is -1.75. The molecule has 1 aliphatic rings. The fourth-order valence-electron chi connectivity index (χ4n) is 2.96. The van der Waals surface area contributed by atoms with Crippen LogP contribution in [0.3, 0.4) is 0 Å². The van der Waals surface area contributed by atoms with E-state index in [1.165, 1.54) is 19.3 Å². The molecule has 0 saturated carbocycles. The third-order valence-electron chi connectivity index (χ3n) is 4.41. The molecule has 2 aromatic rings. The number of rotatable bonds is 4. The molecular formula is C16H22N4O. The van der Waals surface area contributed by atoms with Crippen molar-refractivity contribution in [2.24, 2.45) is 5.92 Å². The Kier molecular flexibility index (Phi) is 4.29. The Bertz CT molecular complexity index is 569. The van der Waals surface area contributed by atoms with E-state index in [9.17, 15) is 0 Å². The standard InChI is InChI=1S/C16H22N4O/c1-3-13-5-4-10-20(11-13)12(2)16-18-15(19-21-16)14-6-8-17-9-7-14/h6-9,12-13H,3-5,10-11H2,1-2H3/t12-,13+/m1/s1. The molecule has 5 heteroatoms. The maximum atomic E-state index is 5.48. The number of likely N-dealkylation sites (tertiary alicyclic amines) is 1. The molecule has 3 heterocycles. The zero-order valence-electron chi connectivity index (χ0n) is 12.7. The molecule has 2 aromatic heterocycles. The summed E-state index contributed by atoms with van der Waals surface area (Å²) in [5.74, 6) is 2.14. The summed E-state index contributed by atoms with van der Waals surface area (Å²) in [6.45, 7) is 6.67. The first kappa shape index (κ1) is 14.2. The van der Waals surface area contributed by atoms with Gasteiger partial charge in [0.2, 0.25) is 11.7 Å². The molecule has 1 aliphatic heterocycles. The lowest BCUT2D eigenvalue weighted by molar-refractivity contribution is 0.109. The summed E-state index contributed by atoms with van der Waals surface area (Å²) in [4.78, 5) is 11.0. The van der Waals surface area contributed by atoms with Crippen LogP contribution in [-0.2, 0) is 0 Å². The van der Waals surface area contributed by atoms with Gasteiger partial charge in [-0.25, -0.2) is 0 Å². The molecule has 1 fully saturated rings. The number of hydrogen-bond donors (Lipinski definition) is 0. The predicted molar refractivity (Wildman–Crippen MR) is 80.5 cm³/mol. The molecule has 0 aromatic carbocycles. The van der Waals surface area contributed by atoms with Crippen LogP contribution in [0.15, 0.2) is 29.0 Å². The second kappa shape index (κ2) is 6.35. The van der Waals surface area contributed by atoms with Gasteiger partial charge in [-0.05, 0) is 44.4 Å². The lowest BCUT2D eigenvalue weighted by Crippen LogP contribution is -2.37. The van der Waals surface area contributed by atoms with Gasteiger partial charge in [0.05, 0.1) is 6.04 Å². The Morgan fingerprint density at radius 3 is 2.95 bits per heavy atom. The highest BCUT2D eigenvalue weighted by Gasteiger charge is 2.26. The first-order valence-electron chi connectivity index (χ1n) is 7.76. The topological polar surface area (TPSA) is 55.1 Å². The highest BCUT2D eigenvalue weighted by atomic mass is 16.5. The van der Waals surface area contributed by atoms with Gasteiger partial charge in [0.15, 0.2) is 0 Å². The van der Waals surface area contributed by atoms with Crippen molar-refractivity contribution in [2.45, 2.75) is 39.2 Å². The van der Waals surface area contributed by atoms with Gasteiger partial charge in [0.25, 0.3) is 0 Å². The number of piperidine rings is 1. The molecular weight excluding hydrogens is 264 g/mol. The van der Waals surface area contributed by atoms with E-state index < -0.39 is 0 Å². The van der Waals surface area contributed by atoms with E-state index in [0.717, 1.165) is 24.6 Å². The summed E-state index contributed by atoms with van der Waals surface area (Å²) in [6, 6.07) is 3.98. The zero-order chi connectivity index (χ0) is 14.7. The Balaban J connectivity index is 1.73. The average Bonchev–Trinajstić information content (AvgIpc) is 3.05. The van der Waals surface area contributed by atoms with Crippen LogP contribution in [0, 0.1) is 5.92 Å². The van der Waals surface area contributed by atoms with Crippen molar-refractivity contribution in [3.8, 4) is 11.4 Å². The van der Waals surface area contributed by atoms with Crippen LogP contribution >= 0.6 is 0 Å². The molecule has 0 amide bonds. The van der Waals surface area contributed by atoms with Crippen LogP contribution < -0.4 is 0 Å². The van der Waals surface area contributed by atoms with Crippen molar-refractivity contribution in [2.75, 3.05) is 13.1 Å². The van der Waals surface area contributed by atoms with Crippen molar-refractivity contribution in [3.05, 3.63) is 30.4 Å². The monoisotopic (exact) mass is 286 g/mol. The van der Waals surface area contributed by atoms with E-state index in [-0.39, 0.29) is 6.04 Å². The lowest BCUT2D eigenvalue weighted by Gasteiger charge is -2.34. The van der Waals surface area contributed by atoms with Crippen molar-refractivity contribution in [1.29, 1.82) is 0 Å². The van der Waals surface area contributed by atoms with Crippen LogP contribution in [-0.4, -0.2) is 33.1 Å². The van der Waals surface area contributed by atoms with E-state index in [2.05, 4.69) is 33.9 Å². The molecule has 0 spiro atoms. The van der Waals surface area contributed by atoms with Crippen molar-refractivity contribution < 1.29 is 4.52 Å². The SMILES string of the molecule is CC[C@H]1CCCN([C@H](C)c2nc(-c3ccncc3)no2)C1. The molecule has 112 valence electrons. The molecule has 5 nitrogen and oxygen atoms in total. The van der Waals surface area contributed by atoms with E-state index in [4.69, 9.17) is 4.52 Å². The maximum absolute atomic E-state index is 5.48. The van der Waals surface area contributed by atoms with E-state index in [1.54, 1.807) is 12.4 Å². The first-order chi connectivity index (χ1) is 10.3. The minimum Gasteiger partial charge on any atom is -0.337 e. The van der Waals surface area contributed by atoms with Gasteiger partial charge >= 0.3 is 0 Å². The smallest absolute Gasteiger partial charge is 0.244 e. The molecule has 21 heavy (non-hydrogen) atoms. The maximum Gasteiger partial charge on any atom is 0.244 e. The fourth-order valence-corrected chi connectivity index (χ4v) is 2.96. The highest BCUT2D eigenvalue weighted by Crippen LogP contribution is 2.28. The first-order valence-corrected chi connectivity index (χ1v) is 7.76. The predicted octanol–water partition coefficient (Wildman–Crippen LogP) is 3.31. The van der Waals surface area contributed by atoms with Gasteiger partial charge in [-0.3, -0.25) is 9.88 Å². The summed E-state index contributed by atoms with van der Waals surface area (Å²) < 4.78 is 5.48. The Morgan fingerprint density at radius 1 is 1.38 bits per heavy atom. The zero-order valence-corrected chi connectivity index (χ0v) is 12.7. The van der Waals surface area contributed by atoms with E-state index in [1.807, 2.05) is 12.1 Å². The van der Waals surface area contributed by atoms with Gasteiger partial charge < -0.3 is 4.52 Å². The van der Waals surface area contributed by atoms with E-state index >= 15 is 0 Å². The fraction of sp³-hybridized carbons (Fsp3) is 0.562. The number of nitrogens with zero attached hydrogens (tertiary/aromatic N) is 4. The minimum atomic E-state index is 0.183. The van der Waals surface area contributed by atoms with Crippen LogP contribution in [0.4, 0.5) is 0 Å². The van der Waals surface area contributed by atoms with Crippen molar-refractivity contribution in [1.82, 2.24) is 20.0 Å². The van der Waals surface area contributed by atoms with Gasteiger partial charge in [0, 0.05) is 24.5 Å². The molecule has 0 radical (unpaired) electrons. The summed E-state index contributed by atoms with van der Waals surface area (Å²) >= 11 is 0. The van der Waals surface area contributed by atoms with Crippen molar-refractivity contribution in [3.63, 3.8) is 0 Å². The minimum absolute atomic E-state index is 0.183. The number of pyridine rings is 1. The lowest BCUT2D eigenvalue weighted by atomic mass is 9.95. The van der Waals surface area contributed by atoms with Gasteiger partial charge in [-0.2, -0.15) is 4.98 Å². The second-order valence-electron chi connectivity index (χ2n) is 5.78. The van der Waals surface area contributed by atoms with Crippen LogP contribution in [0.2, 0.25) is 0 Å². The van der Waals surface area contributed by atoms with Gasteiger partial charge in [0.1, 0.15) is 0 Å². The molecule has 2 atom stereocenters. The molecule has 0 aliphatic carbocycles. The summed E-state index contributed by atoms with van der Waals surface area (Å²) in [7, 11) is 0. The van der Waals surface area contributed by atoms with Gasteiger partial charge in [-0.1, -0.05) is 18.5 Å². The quantitative estimate of drug-likeness (QED) is 0.863. The molecule has 3 rings (SSSR count). The summed E-state index contributed by atoms with van der Waals surface area (Å²) in [6.07, 6.45) is 7.33. The summed E-state index contributed by atoms with van der Waals surface area (Å²) in [5, 5.41) is 4.10. The van der Waals surface area contributed by atoms with Crippen LogP contribution in [0.5, 0.6) is 0 Å². The normalized spacial score (nSPS) is 21.3.